The first kappa shape index (κ1) is 13.5. The second-order valence-corrected chi connectivity index (χ2v) is 6.33. The average molecular weight is 270 g/mol. The SMILES string of the molecule is NCc1ccc(S(=O)(=O)N2CCC[C@@H]2CO)cc1. The Morgan fingerprint density at radius 3 is 2.56 bits per heavy atom. The molecule has 1 aromatic rings. The number of hydrogen-bond donors (Lipinski definition) is 2. The average Bonchev–Trinajstić information content (AvgIpc) is 2.88. The van der Waals surface area contributed by atoms with Gasteiger partial charge in [0.25, 0.3) is 0 Å². The van der Waals surface area contributed by atoms with Crippen molar-refractivity contribution in [2.45, 2.75) is 30.3 Å². The van der Waals surface area contributed by atoms with Gasteiger partial charge in [-0.3, -0.25) is 0 Å². The molecule has 1 heterocycles. The molecule has 1 aromatic carbocycles. The standard InChI is InChI=1S/C12H18N2O3S/c13-8-10-3-5-12(6-4-10)18(16,17)14-7-1-2-11(14)9-15/h3-6,11,15H,1-2,7-9,13H2/t11-/m1/s1. The van der Waals surface area contributed by atoms with Gasteiger partial charge in [-0.1, -0.05) is 12.1 Å². The van der Waals surface area contributed by atoms with Gasteiger partial charge in [-0.25, -0.2) is 8.42 Å². The fraction of sp³-hybridized carbons (Fsp3) is 0.500. The molecule has 0 amide bonds. The van der Waals surface area contributed by atoms with Gasteiger partial charge in [-0.2, -0.15) is 4.31 Å². The van der Waals surface area contributed by atoms with E-state index in [1.165, 1.54) is 4.31 Å². The molecule has 0 aliphatic carbocycles. The molecule has 1 aliphatic rings. The van der Waals surface area contributed by atoms with Crippen molar-refractivity contribution in [3.05, 3.63) is 29.8 Å². The third-order valence-electron chi connectivity index (χ3n) is 3.30. The number of aliphatic hydroxyl groups is 1. The summed E-state index contributed by atoms with van der Waals surface area (Å²) >= 11 is 0. The third kappa shape index (κ3) is 2.42. The third-order valence-corrected chi connectivity index (χ3v) is 5.27. The molecule has 0 aromatic heterocycles. The summed E-state index contributed by atoms with van der Waals surface area (Å²) in [5, 5.41) is 9.21. The Bertz CT molecular complexity index is 499. The minimum atomic E-state index is -3.49. The fourth-order valence-electron chi connectivity index (χ4n) is 2.24. The van der Waals surface area contributed by atoms with Gasteiger partial charge in [0.2, 0.25) is 10.0 Å². The van der Waals surface area contributed by atoms with E-state index < -0.39 is 10.0 Å². The van der Waals surface area contributed by atoms with Gasteiger partial charge in [0.1, 0.15) is 0 Å². The fourth-order valence-corrected chi connectivity index (χ4v) is 3.93. The lowest BCUT2D eigenvalue weighted by Crippen LogP contribution is -2.37. The van der Waals surface area contributed by atoms with Crippen LogP contribution in [0.5, 0.6) is 0 Å². The molecular formula is C12H18N2O3S. The molecule has 1 atom stereocenters. The van der Waals surface area contributed by atoms with E-state index in [-0.39, 0.29) is 17.5 Å². The summed E-state index contributed by atoms with van der Waals surface area (Å²) in [7, 11) is -3.49. The van der Waals surface area contributed by atoms with Crippen LogP contribution in [0, 0.1) is 0 Å². The van der Waals surface area contributed by atoms with E-state index in [2.05, 4.69) is 0 Å². The number of aliphatic hydroxyl groups excluding tert-OH is 1. The van der Waals surface area contributed by atoms with Crippen molar-refractivity contribution in [1.82, 2.24) is 4.31 Å². The van der Waals surface area contributed by atoms with Crippen molar-refractivity contribution in [2.24, 2.45) is 5.73 Å². The van der Waals surface area contributed by atoms with Crippen molar-refractivity contribution >= 4 is 10.0 Å². The van der Waals surface area contributed by atoms with Crippen LogP contribution in [-0.2, 0) is 16.6 Å². The predicted molar refractivity (Wildman–Crippen MR) is 68.3 cm³/mol. The zero-order valence-corrected chi connectivity index (χ0v) is 10.9. The summed E-state index contributed by atoms with van der Waals surface area (Å²) in [6.07, 6.45) is 1.52. The molecule has 0 saturated carbocycles. The molecule has 5 nitrogen and oxygen atoms in total. The minimum Gasteiger partial charge on any atom is -0.395 e. The first-order valence-corrected chi connectivity index (χ1v) is 7.45. The number of hydrogen-bond acceptors (Lipinski definition) is 4. The number of sulfonamides is 1. The van der Waals surface area contributed by atoms with E-state index in [1.54, 1.807) is 24.3 Å². The molecule has 100 valence electrons. The zero-order valence-electron chi connectivity index (χ0n) is 10.1. The Kier molecular flexibility index (Phi) is 4.01. The highest BCUT2D eigenvalue weighted by molar-refractivity contribution is 7.89. The lowest BCUT2D eigenvalue weighted by atomic mass is 10.2. The number of nitrogens with two attached hydrogens (primary N) is 1. The van der Waals surface area contributed by atoms with Crippen molar-refractivity contribution in [2.75, 3.05) is 13.2 Å². The number of rotatable bonds is 4. The van der Waals surface area contributed by atoms with Gasteiger partial charge >= 0.3 is 0 Å². The molecule has 0 unspecified atom stereocenters. The van der Waals surface area contributed by atoms with Crippen LogP contribution in [0.3, 0.4) is 0 Å². The van der Waals surface area contributed by atoms with Crippen LogP contribution < -0.4 is 5.73 Å². The summed E-state index contributed by atoms with van der Waals surface area (Å²) in [6, 6.07) is 6.30. The van der Waals surface area contributed by atoms with Crippen LogP contribution in [-0.4, -0.2) is 37.0 Å². The molecule has 0 spiro atoms. The first-order valence-electron chi connectivity index (χ1n) is 6.01. The molecule has 0 radical (unpaired) electrons. The van der Waals surface area contributed by atoms with Gasteiger partial charge in [0, 0.05) is 19.1 Å². The highest BCUT2D eigenvalue weighted by Crippen LogP contribution is 2.25. The van der Waals surface area contributed by atoms with Crippen LogP contribution in [0.1, 0.15) is 18.4 Å². The molecule has 18 heavy (non-hydrogen) atoms. The molecular weight excluding hydrogens is 252 g/mol. The molecule has 1 saturated heterocycles. The number of benzene rings is 1. The van der Waals surface area contributed by atoms with E-state index in [0.29, 0.717) is 13.1 Å². The van der Waals surface area contributed by atoms with Gasteiger partial charge in [-0.15, -0.1) is 0 Å². The van der Waals surface area contributed by atoms with Crippen LogP contribution in [0.2, 0.25) is 0 Å². The Morgan fingerprint density at radius 2 is 2.00 bits per heavy atom. The Morgan fingerprint density at radius 1 is 1.33 bits per heavy atom. The summed E-state index contributed by atoms with van der Waals surface area (Å²) in [4.78, 5) is 0.264. The van der Waals surface area contributed by atoms with Crippen LogP contribution in [0.15, 0.2) is 29.2 Å². The molecule has 1 aliphatic heterocycles. The smallest absolute Gasteiger partial charge is 0.243 e. The van der Waals surface area contributed by atoms with Crippen molar-refractivity contribution < 1.29 is 13.5 Å². The van der Waals surface area contributed by atoms with Gasteiger partial charge in [-0.05, 0) is 30.5 Å². The normalized spacial score (nSPS) is 21.3. The second kappa shape index (κ2) is 5.36. The molecule has 1 fully saturated rings. The molecule has 3 N–H and O–H groups in total. The van der Waals surface area contributed by atoms with E-state index >= 15 is 0 Å². The van der Waals surface area contributed by atoms with E-state index in [1.807, 2.05) is 0 Å². The molecule has 2 rings (SSSR count). The Balaban J connectivity index is 2.29. The van der Waals surface area contributed by atoms with Gasteiger partial charge in [0.15, 0.2) is 0 Å². The summed E-state index contributed by atoms with van der Waals surface area (Å²) in [5.74, 6) is 0. The number of nitrogens with zero attached hydrogens (tertiary/aromatic N) is 1. The summed E-state index contributed by atoms with van der Waals surface area (Å²) < 4.78 is 26.2. The highest BCUT2D eigenvalue weighted by atomic mass is 32.2. The lowest BCUT2D eigenvalue weighted by molar-refractivity contribution is 0.213. The van der Waals surface area contributed by atoms with E-state index in [0.717, 1.165) is 18.4 Å². The van der Waals surface area contributed by atoms with Crippen molar-refractivity contribution in [1.29, 1.82) is 0 Å². The monoisotopic (exact) mass is 270 g/mol. The second-order valence-electron chi connectivity index (χ2n) is 4.44. The van der Waals surface area contributed by atoms with Crippen molar-refractivity contribution in [3.8, 4) is 0 Å². The first-order chi connectivity index (χ1) is 8.59. The van der Waals surface area contributed by atoms with Crippen LogP contribution in [0.4, 0.5) is 0 Å². The zero-order chi connectivity index (χ0) is 13.2. The molecule has 6 heteroatoms. The lowest BCUT2D eigenvalue weighted by Gasteiger charge is -2.22. The Hall–Kier alpha value is -0.950. The Labute approximate surface area is 107 Å². The topological polar surface area (TPSA) is 83.6 Å². The largest absolute Gasteiger partial charge is 0.395 e. The van der Waals surface area contributed by atoms with E-state index in [9.17, 15) is 13.5 Å². The quantitative estimate of drug-likeness (QED) is 0.823. The maximum Gasteiger partial charge on any atom is 0.243 e. The summed E-state index contributed by atoms with van der Waals surface area (Å²) in [5.41, 5.74) is 6.38. The maximum absolute atomic E-state index is 12.4. The predicted octanol–water partition coefficient (Wildman–Crippen LogP) is 0.291. The molecule has 0 bridgehead atoms. The van der Waals surface area contributed by atoms with E-state index in [4.69, 9.17) is 5.73 Å². The van der Waals surface area contributed by atoms with Gasteiger partial charge < -0.3 is 10.8 Å². The van der Waals surface area contributed by atoms with Gasteiger partial charge in [0.05, 0.1) is 11.5 Å². The highest BCUT2D eigenvalue weighted by Gasteiger charge is 2.34. The minimum absolute atomic E-state index is 0.125. The maximum atomic E-state index is 12.4. The van der Waals surface area contributed by atoms with Crippen LogP contribution in [0.25, 0.3) is 0 Å². The van der Waals surface area contributed by atoms with Crippen LogP contribution >= 0.6 is 0 Å². The van der Waals surface area contributed by atoms with Crippen molar-refractivity contribution in [3.63, 3.8) is 0 Å². The summed E-state index contributed by atoms with van der Waals surface area (Å²) in [6.45, 7) is 0.746.